The average molecular weight is 291 g/mol. The first-order valence-electron chi connectivity index (χ1n) is 7.19. The largest absolute Gasteiger partial charge is 0.478 e. The third-order valence-electron chi connectivity index (χ3n) is 3.80. The number of rotatable bonds is 5. The summed E-state index contributed by atoms with van der Waals surface area (Å²) in [5, 5.41) is 11.7. The molecule has 1 saturated heterocycles. The molecule has 0 aromatic carbocycles. The van der Waals surface area contributed by atoms with Crippen molar-refractivity contribution in [2.24, 2.45) is 5.92 Å². The molecule has 2 rings (SSSR count). The number of carbonyl (C=O) groups excluding carboxylic acids is 1. The first-order valence-corrected chi connectivity index (χ1v) is 7.19. The minimum atomic E-state index is -0.951. The minimum absolute atomic E-state index is 0.0279. The van der Waals surface area contributed by atoms with Gasteiger partial charge >= 0.3 is 5.97 Å². The lowest BCUT2D eigenvalue weighted by Gasteiger charge is -2.31. The van der Waals surface area contributed by atoms with Crippen LogP contribution in [0.15, 0.2) is 18.3 Å². The van der Waals surface area contributed by atoms with Crippen LogP contribution in [0.4, 0.5) is 0 Å². The summed E-state index contributed by atoms with van der Waals surface area (Å²) in [6.45, 7) is 5.00. The van der Waals surface area contributed by atoms with Crippen molar-refractivity contribution >= 4 is 11.9 Å². The number of hydrogen-bond donors (Lipinski definition) is 2. The molecular weight excluding hydrogens is 270 g/mol. The number of carboxylic acids is 1. The molecule has 0 spiro atoms. The summed E-state index contributed by atoms with van der Waals surface area (Å²) in [4.78, 5) is 28.2. The molecule has 0 atom stereocenters. The summed E-state index contributed by atoms with van der Waals surface area (Å²) in [6, 6.07) is 3.36. The first-order chi connectivity index (χ1) is 10.0. The Labute approximate surface area is 124 Å². The van der Waals surface area contributed by atoms with E-state index in [1.54, 1.807) is 19.1 Å². The summed E-state index contributed by atoms with van der Waals surface area (Å²) < 4.78 is 0. The van der Waals surface area contributed by atoms with Crippen LogP contribution in [0, 0.1) is 5.92 Å². The summed E-state index contributed by atoms with van der Waals surface area (Å²) in [7, 11) is 0. The summed E-state index contributed by atoms with van der Waals surface area (Å²) >= 11 is 0. The summed E-state index contributed by atoms with van der Waals surface area (Å²) in [5.74, 6) is -0.375. The van der Waals surface area contributed by atoms with E-state index < -0.39 is 5.97 Å². The van der Waals surface area contributed by atoms with Gasteiger partial charge in [-0.3, -0.25) is 14.7 Å². The SMILES string of the molecule is CC(=O)NCC1CCN(Cc2ccc(C(=O)O)cn2)CC1. The van der Waals surface area contributed by atoms with Gasteiger partial charge in [0.25, 0.3) is 0 Å². The lowest BCUT2D eigenvalue weighted by molar-refractivity contribution is -0.119. The van der Waals surface area contributed by atoms with Crippen LogP contribution >= 0.6 is 0 Å². The second-order valence-electron chi connectivity index (χ2n) is 5.50. The Kier molecular flexibility index (Phi) is 5.27. The highest BCUT2D eigenvalue weighted by Crippen LogP contribution is 2.18. The number of pyridine rings is 1. The Morgan fingerprint density at radius 2 is 2.10 bits per heavy atom. The monoisotopic (exact) mass is 291 g/mol. The molecule has 6 nitrogen and oxygen atoms in total. The van der Waals surface area contributed by atoms with Crippen molar-refractivity contribution in [3.8, 4) is 0 Å². The second-order valence-corrected chi connectivity index (χ2v) is 5.50. The zero-order valence-electron chi connectivity index (χ0n) is 12.2. The minimum Gasteiger partial charge on any atom is -0.478 e. The van der Waals surface area contributed by atoms with Crippen molar-refractivity contribution in [2.75, 3.05) is 19.6 Å². The van der Waals surface area contributed by atoms with Crippen LogP contribution in [0.3, 0.4) is 0 Å². The van der Waals surface area contributed by atoms with Crippen LogP contribution in [-0.4, -0.2) is 46.5 Å². The topological polar surface area (TPSA) is 82.5 Å². The van der Waals surface area contributed by atoms with Crippen molar-refractivity contribution in [1.82, 2.24) is 15.2 Å². The number of aromatic carboxylic acids is 1. The standard InChI is InChI=1S/C15H21N3O3/c1-11(19)16-8-12-4-6-18(7-5-12)10-14-3-2-13(9-17-14)15(20)21/h2-3,9,12H,4-8,10H2,1H3,(H,16,19)(H,20,21). The molecule has 1 fully saturated rings. The van der Waals surface area contributed by atoms with E-state index in [2.05, 4.69) is 15.2 Å². The quantitative estimate of drug-likeness (QED) is 0.849. The van der Waals surface area contributed by atoms with Gasteiger partial charge in [0.05, 0.1) is 11.3 Å². The van der Waals surface area contributed by atoms with Crippen molar-refractivity contribution < 1.29 is 14.7 Å². The van der Waals surface area contributed by atoms with E-state index in [4.69, 9.17) is 5.11 Å². The zero-order valence-corrected chi connectivity index (χ0v) is 12.2. The van der Waals surface area contributed by atoms with Crippen molar-refractivity contribution in [1.29, 1.82) is 0 Å². The predicted molar refractivity (Wildman–Crippen MR) is 77.9 cm³/mol. The molecule has 0 radical (unpaired) electrons. The normalized spacial score (nSPS) is 16.6. The van der Waals surface area contributed by atoms with Crippen molar-refractivity contribution in [2.45, 2.75) is 26.3 Å². The van der Waals surface area contributed by atoms with Gasteiger partial charge in [-0.05, 0) is 44.0 Å². The average Bonchev–Trinajstić information content (AvgIpc) is 2.47. The first kappa shape index (κ1) is 15.4. The molecule has 1 aromatic rings. The highest BCUT2D eigenvalue weighted by atomic mass is 16.4. The van der Waals surface area contributed by atoms with Gasteiger partial charge in [0, 0.05) is 26.2 Å². The number of hydrogen-bond acceptors (Lipinski definition) is 4. The molecular formula is C15H21N3O3. The van der Waals surface area contributed by atoms with E-state index in [1.165, 1.54) is 6.20 Å². The van der Waals surface area contributed by atoms with Gasteiger partial charge in [0.15, 0.2) is 0 Å². The number of nitrogens with one attached hydrogen (secondary N) is 1. The number of amides is 1. The third kappa shape index (κ3) is 4.82. The number of carbonyl (C=O) groups is 2. The molecule has 1 aliphatic rings. The fourth-order valence-corrected chi connectivity index (χ4v) is 2.51. The van der Waals surface area contributed by atoms with Crippen LogP contribution in [0.2, 0.25) is 0 Å². The van der Waals surface area contributed by atoms with Gasteiger partial charge in [-0.15, -0.1) is 0 Å². The van der Waals surface area contributed by atoms with E-state index >= 15 is 0 Å². The Hall–Kier alpha value is -1.95. The molecule has 0 aliphatic carbocycles. The van der Waals surface area contributed by atoms with Gasteiger partial charge in [0.1, 0.15) is 0 Å². The van der Waals surface area contributed by atoms with Crippen LogP contribution in [0.1, 0.15) is 35.8 Å². The Morgan fingerprint density at radius 3 is 2.62 bits per heavy atom. The number of nitrogens with zero attached hydrogens (tertiary/aromatic N) is 2. The number of likely N-dealkylation sites (tertiary alicyclic amines) is 1. The predicted octanol–water partition coefficient (Wildman–Crippen LogP) is 1.13. The third-order valence-corrected chi connectivity index (χ3v) is 3.80. The lowest BCUT2D eigenvalue weighted by Crippen LogP contribution is -2.37. The van der Waals surface area contributed by atoms with Gasteiger partial charge in [-0.25, -0.2) is 4.79 Å². The van der Waals surface area contributed by atoms with E-state index in [0.717, 1.165) is 44.7 Å². The molecule has 1 aromatic heterocycles. The molecule has 1 amide bonds. The fourth-order valence-electron chi connectivity index (χ4n) is 2.51. The number of aromatic nitrogens is 1. The molecule has 114 valence electrons. The summed E-state index contributed by atoms with van der Waals surface area (Å²) in [5.41, 5.74) is 1.10. The van der Waals surface area contributed by atoms with Gasteiger partial charge in [0.2, 0.25) is 5.91 Å². The molecule has 0 bridgehead atoms. The maximum atomic E-state index is 10.9. The van der Waals surface area contributed by atoms with E-state index in [0.29, 0.717) is 5.92 Å². The lowest BCUT2D eigenvalue weighted by atomic mass is 9.96. The van der Waals surface area contributed by atoms with Gasteiger partial charge in [-0.1, -0.05) is 0 Å². The molecule has 1 aliphatic heterocycles. The van der Waals surface area contributed by atoms with Gasteiger partial charge in [-0.2, -0.15) is 0 Å². The van der Waals surface area contributed by atoms with Gasteiger partial charge < -0.3 is 10.4 Å². The summed E-state index contributed by atoms with van der Waals surface area (Å²) in [6.07, 6.45) is 3.53. The van der Waals surface area contributed by atoms with Crippen LogP contribution < -0.4 is 5.32 Å². The highest BCUT2D eigenvalue weighted by Gasteiger charge is 2.19. The Morgan fingerprint density at radius 1 is 1.38 bits per heavy atom. The smallest absolute Gasteiger partial charge is 0.337 e. The van der Waals surface area contributed by atoms with Crippen molar-refractivity contribution in [3.05, 3.63) is 29.6 Å². The van der Waals surface area contributed by atoms with Crippen LogP contribution in [-0.2, 0) is 11.3 Å². The maximum Gasteiger partial charge on any atom is 0.337 e. The molecule has 6 heteroatoms. The van der Waals surface area contributed by atoms with E-state index in [9.17, 15) is 9.59 Å². The highest BCUT2D eigenvalue weighted by molar-refractivity contribution is 5.87. The van der Waals surface area contributed by atoms with Crippen LogP contribution in [0.25, 0.3) is 0 Å². The molecule has 21 heavy (non-hydrogen) atoms. The molecule has 2 heterocycles. The fraction of sp³-hybridized carbons (Fsp3) is 0.533. The maximum absolute atomic E-state index is 10.9. The number of piperidine rings is 1. The Balaban J connectivity index is 1.78. The molecule has 0 unspecified atom stereocenters. The zero-order chi connectivity index (χ0) is 15.2. The van der Waals surface area contributed by atoms with E-state index in [-0.39, 0.29) is 11.5 Å². The number of carboxylic acid groups (broad SMARTS) is 1. The molecule has 0 saturated carbocycles. The van der Waals surface area contributed by atoms with Crippen LogP contribution in [0.5, 0.6) is 0 Å². The molecule has 2 N–H and O–H groups in total. The van der Waals surface area contributed by atoms with E-state index in [1.807, 2.05) is 0 Å². The Bertz CT molecular complexity index is 493. The second kappa shape index (κ2) is 7.17. The van der Waals surface area contributed by atoms with Crippen molar-refractivity contribution in [3.63, 3.8) is 0 Å².